The lowest BCUT2D eigenvalue weighted by molar-refractivity contribution is -0.116. The molecule has 0 atom stereocenters. The molecule has 0 radical (unpaired) electrons. The average Bonchev–Trinajstić information content (AvgIpc) is 3.07. The van der Waals surface area contributed by atoms with Crippen LogP contribution >= 0.6 is 0 Å². The number of carbonyl (C=O) groups is 1. The Hall–Kier alpha value is -3.47. The van der Waals surface area contributed by atoms with Gasteiger partial charge in [-0.05, 0) is 66.4 Å². The molecule has 1 amide bonds. The molecule has 2 N–H and O–H groups in total. The van der Waals surface area contributed by atoms with E-state index in [4.69, 9.17) is 0 Å². The number of aryl methyl sites for hydroxylation is 2. The number of rotatable bonds is 5. The maximum absolute atomic E-state index is 13.3. The lowest BCUT2D eigenvalue weighted by Gasteiger charge is -2.08. The first-order valence-corrected chi connectivity index (χ1v) is 9.19. The van der Waals surface area contributed by atoms with Crippen LogP contribution in [0.4, 0.5) is 10.2 Å². The number of pyridine rings is 1. The minimum Gasteiger partial charge on any atom is -0.354 e. The highest BCUT2D eigenvalue weighted by atomic mass is 19.1. The van der Waals surface area contributed by atoms with Gasteiger partial charge in [0.25, 0.3) is 0 Å². The predicted octanol–water partition coefficient (Wildman–Crippen LogP) is 5.25. The van der Waals surface area contributed by atoms with Crippen LogP contribution in [0.15, 0.2) is 66.9 Å². The van der Waals surface area contributed by atoms with Gasteiger partial charge in [0.05, 0.1) is 0 Å². The summed E-state index contributed by atoms with van der Waals surface area (Å²) in [5.41, 5.74) is 4.79. The van der Waals surface area contributed by atoms with E-state index in [-0.39, 0.29) is 11.7 Å². The second-order valence-corrected chi connectivity index (χ2v) is 6.75. The number of halogens is 1. The van der Waals surface area contributed by atoms with Crippen LogP contribution < -0.4 is 5.32 Å². The Labute approximate surface area is 162 Å². The van der Waals surface area contributed by atoms with Gasteiger partial charge < -0.3 is 10.3 Å². The zero-order valence-corrected chi connectivity index (χ0v) is 15.5. The fourth-order valence-corrected chi connectivity index (χ4v) is 3.37. The van der Waals surface area contributed by atoms with Gasteiger partial charge in [0.15, 0.2) is 0 Å². The van der Waals surface area contributed by atoms with E-state index < -0.39 is 0 Å². The summed E-state index contributed by atoms with van der Waals surface area (Å²) in [4.78, 5) is 20.1. The molecule has 2 aromatic carbocycles. The molecule has 0 aliphatic carbocycles. The van der Waals surface area contributed by atoms with E-state index in [9.17, 15) is 9.18 Å². The van der Waals surface area contributed by atoms with Crippen molar-refractivity contribution in [3.05, 3.63) is 83.8 Å². The lowest BCUT2D eigenvalue weighted by atomic mass is 10.0. The van der Waals surface area contributed by atoms with Crippen LogP contribution in [0, 0.1) is 12.7 Å². The van der Waals surface area contributed by atoms with E-state index in [1.54, 1.807) is 18.3 Å². The Morgan fingerprint density at radius 1 is 1.07 bits per heavy atom. The SMILES string of the molecule is Cc1cccnc1NC(=O)CCc1c(-c2ccc(F)cc2)[nH]c2ccccc12. The van der Waals surface area contributed by atoms with Crippen molar-refractivity contribution in [2.75, 3.05) is 5.32 Å². The number of para-hydroxylation sites is 1. The fourth-order valence-electron chi connectivity index (χ4n) is 3.37. The van der Waals surface area contributed by atoms with Crippen molar-refractivity contribution in [3.63, 3.8) is 0 Å². The Kier molecular flexibility index (Phi) is 4.89. The number of anilines is 1. The normalized spacial score (nSPS) is 10.9. The predicted molar refractivity (Wildman–Crippen MR) is 110 cm³/mol. The van der Waals surface area contributed by atoms with Gasteiger partial charge in [-0.15, -0.1) is 0 Å². The third-order valence-corrected chi connectivity index (χ3v) is 4.82. The van der Waals surface area contributed by atoms with E-state index in [2.05, 4.69) is 15.3 Å². The lowest BCUT2D eigenvalue weighted by Crippen LogP contribution is -2.14. The first-order chi connectivity index (χ1) is 13.6. The van der Waals surface area contributed by atoms with Crippen molar-refractivity contribution >= 4 is 22.6 Å². The van der Waals surface area contributed by atoms with Crippen LogP contribution in [-0.4, -0.2) is 15.9 Å². The monoisotopic (exact) mass is 373 g/mol. The first kappa shape index (κ1) is 17.9. The molecule has 4 nitrogen and oxygen atoms in total. The molecule has 0 bridgehead atoms. The number of amides is 1. The molecule has 4 aromatic rings. The number of H-pyrrole nitrogens is 1. The number of fused-ring (bicyclic) bond motifs is 1. The number of hydrogen-bond acceptors (Lipinski definition) is 2. The topological polar surface area (TPSA) is 57.8 Å². The number of hydrogen-bond donors (Lipinski definition) is 2. The van der Waals surface area contributed by atoms with Crippen molar-refractivity contribution in [3.8, 4) is 11.3 Å². The quantitative estimate of drug-likeness (QED) is 0.502. The van der Waals surface area contributed by atoms with Gasteiger partial charge in [0.2, 0.25) is 5.91 Å². The summed E-state index contributed by atoms with van der Waals surface area (Å²) in [5.74, 6) is 0.230. The molecule has 140 valence electrons. The summed E-state index contributed by atoms with van der Waals surface area (Å²) in [5, 5.41) is 3.95. The highest BCUT2D eigenvalue weighted by Gasteiger charge is 2.15. The van der Waals surface area contributed by atoms with Gasteiger partial charge in [0, 0.05) is 29.2 Å². The smallest absolute Gasteiger partial charge is 0.225 e. The van der Waals surface area contributed by atoms with Gasteiger partial charge in [-0.2, -0.15) is 0 Å². The zero-order chi connectivity index (χ0) is 19.5. The number of carbonyl (C=O) groups excluding carboxylic acids is 1. The summed E-state index contributed by atoms with van der Waals surface area (Å²) >= 11 is 0. The number of aromatic nitrogens is 2. The number of benzene rings is 2. The third kappa shape index (κ3) is 3.64. The minimum atomic E-state index is -0.272. The molecule has 0 unspecified atom stereocenters. The van der Waals surface area contributed by atoms with Crippen LogP contribution in [0.3, 0.4) is 0 Å². The number of nitrogens with one attached hydrogen (secondary N) is 2. The molecule has 0 spiro atoms. The molecular weight excluding hydrogens is 353 g/mol. The first-order valence-electron chi connectivity index (χ1n) is 9.19. The molecule has 0 saturated heterocycles. The molecule has 0 aliphatic rings. The van der Waals surface area contributed by atoms with Crippen LogP contribution in [0.1, 0.15) is 17.5 Å². The van der Waals surface area contributed by atoms with Crippen molar-refractivity contribution in [2.45, 2.75) is 19.8 Å². The maximum atomic E-state index is 13.3. The van der Waals surface area contributed by atoms with E-state index in [1.807, 2.05) is 43.3 Å². The number of nitrogens with zero attached hydrogens (tertiary/aromatic N) is 1. The molecule has 5 heteroatoms. The van der Waals surface area contributed by atoms with Crippen molar-refractivity contribution in [1.29, 1.82) is 0 Å². The van der Waals surface area contributed by atoms with Gasteiger partial charge in [-0.3, -0.25) is 4.79 Å². The Bertz CT molecular complexity index is 1130. The van der Waals surface area contributed by atoms with E-state index in [0.717, 1.165) is 33.3 Å². The van der Waals surface area contributed by atoms with Crippen LogP contribution in [0.25, 0.3) is 22.2 Å². The molecule has 28 heavy (non-hydrogen) atoms. The Morgan fingerprint density at radius 3 is 2.64 bits per heavy atom. The summed E-state index contributed by atoms with van der Waals surface area (Å²) in [6, 6.07) is 18.1. The van der Waals surface area contributed by atoms with Crippen molar-refractivity contribution in [2.24, 2.45) is 0 Å². The zero-order valence-electron chi connectivity index (χ0n) is 15.5. The molecule has 2 heterocycles. The van der Waals surface area contributed by atoms with E-state index in [1.165, 1.54) is 12.1 Å². The summed E-state index contributed by atoms with van der Waals surface area (Å²) in [6.07, 6.45) is 2.55. The van der Waals surface area contributed by atoms with Gasteiger partial charge >= 0.3 is 0 Å². The molecular formula is C23H20FN3O. The van der Waals surface area contributed by atoms with Crippen LogP contribution in [0.5, 0.6) is 0 Å². The highest BCUT2D eigenvalue weighted by Crippen LogP contribution is 2.31. The standard InChI is InChI=1S/C23H20FN3O/c1-15-5-4-14-25-23(15)27-21(28)13-12-19-18-6-2-3-7-20(18)26-22(19)16-8-10-17(24)11-9-16/h2-11,14,26H,12-13H2,1H3,(H,25,27,28). The largest absolute Gasteiger partial charge is 0.354 e. The highest BCUT2D eigenvalue weighted by molar-refractivity contribution is 5.93. The van der Waals surface area contributed by atoms with Crippen LogP contribution in [-0.2, 0) is 11.2 Å². The fraction of sp³-hybridized carbons (Fsp3) is 0.130. The van der Waals surface area contributed by atoms with Crippen LogP contribution in [0.2, 0.25) is 0 Å². The second kappa shape index (κ2) is 7.64. The Morgan fingerprint density at radius 2 is 1.86 bits per heavy atom. The van der Waals surface area contributed by atoms with E-state index >= 15 is 0 Å². The van der Waals surface area contributed by atoms with Gasteiger partial charge in [0.1, 0.15) is 11.6 Å². The number of aromatic amines is 1. The second-order valence-electron chi connectivity index (χ2n) is 6.75. The van der Waals surface area contributed by atoms with Crippen molar-refractivity contribution in [1.82, 2.24) is 9.97 Å². The molecule has 4 rings (SSSR count). The molecule has 2 aromatic heterocycles. The molecule has 0 fully saturated rings. The van der Waals surface area contributed by atoms with Gasteiger partial charge in [-0.25, -0.2) is 9.37 Å². The molecule has 0 saturated carbocycles. The minimum absolute atomic E-state index is 0.0860. The third-order valence-electron chi connectivity index (χ3n) is 4.82. The van der Waals surface area contributed by atoms with Crippen molar-refractivity contribution < 1.29 is 9.18 Å². The maximum Gasteiger partial charge on any atom is 0.225 e. The average molecular weight is 373 g/mol. The summed E-state index contributed by atoms with van der Waals surface area (Å²) in [6.45, 7) is 1.91. The summed E-state index contributed by atoms with van der Waals surface area (Å²) in [7, 11) is 0. The Balaban J connectivity index is 1.60. The summed E-state index contributed by atoms with van der Waals surface area (Å²) < 4.78 is 13.3. The van der Waals surface area contributed by atoms with Gasteiger partial charge in [-0.1, -0.05) is 24.3 Å². The van der Waals surface area contributed by atoms with E-state index in [0.29, 0.717) is 18.7 Å². The molecule has 0 aliphatic heterocycles.